The molecule has 176 valence electrons. The summed E-state index contributed by atoms with van der Waals surface area (Å²) in [5, 5.41) is 12.5. The SMILES string of the molecule is Cc1cc(OCn2ccc(C(=O)Nc3c(C)nn(Cc4ccc(F)cc4)c3C)n2)cc(C)c1Cl. The average molecular weight is 482 g/mol. The maximum Gasteiger partial charge on any atom is 0.276 e. The molecule has 4 rings (SSSR count). The smallest absolute Gasteiger partial charge is 0.276 e. The number of hydrogen-bond donors (Lipinski definition) is 1. The van der Waals surface area contributed by atoms with Crippen molar-refractivity contribution in [3.8, 4) is 5.75 Å². The summed E-state index contributed by atoms with van der Waals surface area (Å²) >= 11 is 6.20. The third kappa shape index (κ3) is 5.12. The second kappa shape index (κ2) is 9.69. The molecular weight excluding hydrogens is 457 g/mol. The molecule has 0 saturated carbocycles. The number of amides is 1. The number of rotatable bonds is 7. The molecule has 7 nitrogen and oxygen atoms in total. The Labute approximate surface area is 202 Å². The molecule has 0 aliphatic carbocycles. The van der Waals surface area contributed by atoms with E-state index in [2.05, 4.69) is 15.5 Å². The summed E-state index contributed by atoms with van der Waals surface area (Å²) in [6.07, 6.45) is 1.68. The van der Waals surface area contributed by atoms with Crippen LogP contribution in [0.4, 0.5) is 10.1 Å². The van der Waals surface area contributed by atoms with Crippen molar-refractivity contribution < 1.29 is 13.9 Å². The fourth-order valence-electron chi connectivity index (χ4n) is 3.66. The minimum Gasteiger partial charge on any atom is -0.471 e. The van der Waals surface area contributed by atoms with E-state index in [1.165, 1.54) is 12.1 Å². The van der Waals surface area contributed by atoms with Crippen LogP contribution in [-0.2, 0) is 13.3 Å². The molecule has 0 aliphatic rings. The lowest BCUT2D eigenvalue weighted by atomic mass is 10.1. The Morgan fingerprint density at radius 2 is 1.74 bits per heavy atom. The van der Waals surface area contributed by atoms with E-state index in [-0.39, 0.29) is 24.1 Å². The van der Waals surface area contributed by atoms with Crippen molar-refractivity contribution in [1.29, 1.82) is 0 Å². The monoisotopic (exact) mass is 481 g/mol. The highest BCUT2D eigenvalue weighted by molar-refractivity contribution is 6.32. The van der Waals surface area contributed by atoms with Gasteiger partial charge in [0.25, 0.3) is 5.91 Å². The number of nitrogens with one attached hydrogen (secondary N) is 1. The largest absolute Gasteiger partial charge is 0.471 e. The van der Waals surface area contributed by atoms with Gasteiger partial charge in [0.2, 0.25) is 0 Å². The summed E-state index contributed by atoms with van der Waals surface area (Å²) in [6.45, 7) is 8.17. The van der Waals surface area contributed by atoms with E-state index >= 15 is 0 Å². The molecule has 1 amide bonds. The lowest BCUT2D eigenvalue weighted by Gasteiger charge is -2.10. The van der Waals surface area contributed by atoms with Crippen molar-refractivity contribution in [2.75, 3.05) is 5.32 Å². The second-order valence-electron chi connectivity index (χ2n) is 8.17. The number of halogens is 2. The van der Waals surface area contributed by atoms with Crippen LogP contribution in [-0.4, -0.2) is 25.5 Å². The summed E-state index contributed by atoms with van der Waals surface area (Å²) in [7, 11) is 0. The number of ether oxygens (including phenoxy) is 1. The first-order valence-corrected chi connectivity index (χ1v) is 11.1. The Balaban J connectivity index is 1.41. The Morgan fingerprint density at radius 3 is 2.41 bits per heavy atom. The van der Waals surface area contributed by atoms with E-state index in [0.29, 0.717) is 23.7 Å². The zero-order valence-corrected chi connectivity index (χ0v) is 20.2. The highest BCUT2D eigenvalue weighted by atomic mass is 35.5. The van der Waals surface area contributed by atoms with Crippen LogP contribution in [0.3, 0.4) is 0 Å². The van der Waals surface area contributed by atoms with Crippen LogP contribution in [0.5, 0.6) is 5.75 Å². The number of anilines is 1. The topological polar surface area (TPSA) is 74.0 Å². The van der Waals surface area contributed by atoms with Gasteiger partial charge in [-0.15, -0.1) is 0 Å². The number of hydrogen-bond acceptors (Lipinski definition) is 4. The van der Waals surface area contributed by atoms with Gasteiger partial charge in [-0.2, -0.15) is 10.2 Å². The summed E-state index contributed by atoms with van der Waals surface area (Å²) in [5.74, 6) is 0.0542. The van der Waals surface area contributed by atoms with Crippen molar-refractivity contribution in [2.45, 2.75) is 41.0 Å². The van der Waals surface area contributed by atoms with Crippen molar-refractivity contribution in [3.63, 3.8) is 0 Å². The summed E-state index contributed by atoms with van der Waals surface area (Å²) in [5.41, 5.74) is 5.15. The van der Waals surface area contributed by atoms with Crippen molar-refractivity contribution in [1.82, 2.24) is 19.6 Å². The highest BCUT2D eigenvalue weighted by Crippen LogP contribution is 2.26. The van der Waals surface area contributed by atoms with E-state index in [0.717, 1.165) is 27.4 Å². The molecule has 34 heavy (non-hydrogen) atoms. The minimum atomic E-state index is -0.343. The van der Waals surface area contributed by atoms with Gasteiger partial charge in [-0.1, -0.05) is 23.7 Å². The molecule has 0 atom stereocenters. The van der Waals surface area contributed by atoms with E-state index in [9.17, 15) is 9.18 Å². The first-order chi connectivity index (χ1) is 16.2. The lowest BCUT2D eigenvalue weighted by molar-refractivity contribution is 0.102. The number of nitrogens with zero attached hydrogens (tertiary/aromatic N) is 4. The van der Waals surface area contributed by atoms with Crippen LogP contribution in [0.25, 0.3) is 0 Å². The first-order valence-electron chi connectivity index (χ1n) is 10.7. The molecule has 2 aromatic heterocycles. The fourth-order valence-corrected chi connectivity index (χ4v) is 3.77. The van der Waals surface area contributed by atoms with Gasteiger partial charge in [-0.3, -0.25) is 9.48 Å². The standard InChI is InChI=1S/C25H25ClFN5O2/c1-15-11-21(12-16(2)23(15)26)34-14-31-10-9-22(30-31)25(33)28-24-17(3)29-32(18(24)4)13-19-5-7-20(27)8-6-19/h5-12H,13-14H2,1-4H3,(H,28,33). The van der Waals surface area contributed by atoms with Gasteiger partial charge in [-0.25, -0.2) is 9.07 Å². The molecule has 0 bridgehead atoms. The molecule has 9 heteroatoms. The Kier molecular flexibility index (Phi) is 6.70. The van der Waals surface area contributed by atoms with E-state index in [1.807, 2.05) is 39.8 Å². The lowest BCUT2D eigenvalue weighted by Crippen LogP contribution is -2.15. The number of aryl methyl sites for hydroxylation is 3. The van der Waals surface area contributed by atoms with Crippen LogP contribution in [0.15, 0.2) is 48.7 Å². The predicted octanol–water partition coefficient (Wildman–Crippen LogP) is 5.44. The molecule has 2 aromatic carbocycles. The molecular formula is C25H25ClFN5O2. The Bertz CT molecular complexity index is 1320. The van der Waals surface area contributed by atoms with Crippen molar-refractivity contribution >= 4 is 23.2 Å². The number of benzene rings is 2. The van der Waals surface area contributed by atoms with Crippen LogP contribution in [0.1, 0.15) is 38.6 Å². The minimum absolute atomic E-state index is 0.154. The Hall–Kier alpha value is -3.65. The van der Waals surface area contributed by atoms with Crippen LogP contribution < -0.4 is 10.1 Å². The van der Waals surface area contributed by atoms with Gasteiger partial charge in [0, 0.05) is 11.2 Å². The van der Waals surface area contributed by atoms with E-state index in [4.69, 9.17) is 16.3 Å². The quantitative estimate of drug-likeness (QED) is 0.381. The van der Waals surface area contributed by atoms with Crippen LogP contribution in [0, 0.1) is 33.5 Å². The van der Waals surface area contributed by atoms with Gasteiger partial charge in [0.1, 0.15) is 11.6 Å². The number of aromatic nitrogens is 4. The van der Waals surface area contributed by atoms with E-state index in [1.54, 1.807) is 33.8 Å². The van der Waals surface area contributed by atoms with Gasteiger partial charge in [0.15, 0.2) is 12.4 Å². The molecule has 4 aromatic rings. The predicted molar refractivity (Wildman–Crippen MR) is 129 cm³/mol. The maximum absolute atomic E-state index is 13.2. The van der Waals surface area contributed by atoms with Crippen LogP contribution in [0.2, 0.25) is 5.02 Å². The van der Waals surface area contributed by atoms with Crippen LogP contribution >= 0.6 is 11.6 Å². The number of carbonyl (C=O) groups excluding carboxylic acids is 1. The molecule has 1 N–H and O–H groups in total. The van der Waals surface area contributed by atoms with Crippen molar-refractivity contribution in [3.05, 3.63) is 93.3 Å². The van der Waals surface area contributed by atoms with Gasteiger partial charge < -0.3 is 10.1 Å². The van der Waals surface area contributed by atoms with Gasteiger partial charge >= 0.3 is 0 Å². The molecule has 0 spiro atoms. The Morgan fingerprint density at radius 1 is 1.06 bits per heavy atom. The zero-order chi connectivity index (χ0) is 24.4. The average Bonchev–Trinajstić information content (AvgIpc) is 3.38. The molecule has 0 aliphatic heterocycles. The van der Waals surface area contributed by atoms with E-state index < -0.39 is 0 Å². The summed E-state index contributed by atoms with van der Waals surface area (Å²) in [4.78, 5) is 12.8. The maximum atomic E-state index is 13.2. The zero-order valence-electron chi connectivity index (χ0n) is 19.4. The molecule has 2 heterocycles. The normalized spacial score (nSPS) is 11.0. The van der Waals surface area contributed by atoms with Gasteiger partial charge in [-0.05, 0) is 74.7 Å². The van der Waals surface area contributed by atoms with Gasteiger partial charge in [0.05, 0.1) is 23.6 Å². The summed E-state index contributed by atoms with van der Waals surface area (Å²) in [6, 6.07) is 11.6. The van der Waals surface area contributed by atoms with Crippen molar-refractivity contribution in [2.24, 2.45) is 0 Å². The molecule has 0 fully saturated rings. The highest BCUT2D eigenvalue weighted by Gasteiger charge is 2.17. The second-order valence-corrected chi connectivity index (χ2v) is 8.55. The fraction of sp³-hybridized carbons (Fsp3) is 0.240. The first kappa shape index (κ1) is 23.5. The third-order valence-electron chi connectivity index (χ3n) is 5.51. The third-order valence-corrected chi connectivity index (χ3v) is 6.11. The number of carbonyl (C=O) groups is 1. The molecule has 0 saturated heterocycles. The molecule has 0 radical (unpaired) electrons. The molecule has 0 unspecified atom stereocenters. The summed E-state index contributed by atoms with van der Waals surface area (Å²) < 4.78 is 22.3.